The van der Waals surface area contributed by atoms with Crippen molar-refractivity contribution in [3.05, 3.63) is 24.2 Å². The molecule has 0 aliphatic carbocycles. The fourth-order valence-electron chi connectivity index (χ4n) is 2.64. The van der Waals surface area contributed by atoms with Gasteiger partial charge in [-0.15, -0.1) is 0 Å². The number of nitrogens with one attached hydrogen (secondary N) is 2. The van der Waals surface area contributed by atoms with Gasteiger partial charge in [0, 0.05) is 37.3 Å². The highest BCUT2D eigenvalue weighted by molar-refractivity contribution is 5.57. The van der Waals surface area contributed by atoms with Crippen LogP contribution in [0.2, 0.25) is 0 Å². The maximum absolute atomic E-state index is 12.9. The lowest BCUT2D eigenvalue weighted by Crippen LogP contribution is -2.33. The maximum atomic E-state index is 12.9. The van der Waals surface area contributed by atoms with E-state index in [0.717, 1.165) is 0 Å². The Morgan fingerprint density at radius 2 is 2.22 bits per heavy atom. The van der Waals surface area contributed by atoms with E-state index in [0.29, 0.717) is 29.6 Å². The SMILES string of the molecule is Cc1noc(-c2ccnc(NC[C@@H]3CNC[C@H]3C(F)(F)F)c2)n1. The molecule has 0 saturated carbocycles. The molecule has 2 aromatic rings. The van der Waals surface area contributed by atoms with Gasteiger partial charge in [0.2, 0.25) is 0 Å². The molecule has 6 nitrogen and oxygen atoms in total. The Morgan fingerprint density at radius 1 is 1.39 bits per heavy atom. The second-order valence-corrected chi connectivity index (χ2v) is 5.52. The highest BCUT2D eigenvalue weighted by atomic mass is 19.4. The molecule has 3 heterocycles. The standard InChI is InChI=1S/C14H16F3N5O/c1-8-21-13(23-22-8)9-2-3-19-12(4-9)20-6-10-5-18-7-11(10)14(15,16)17/h2-4,10-11,18H,5-7H2,1H3,(H,19,20)/t10-,11+/m0/s1. The lowest BCUT2D eigenvalue weighted by Gasteiger charge is -2.21. The zero-order valence-corrected chi connectivity index (χ0v) is 12.4. The van der Waals surface area contributed by atoms with E-state index in [4.69, 9.17) is 4.52 Å². The zero-order chi connectivity index (χ0) is 16.4. The third kappa shape index (κ3) is 3.61. The van der Waals surface area contributed by atoms with Crippen LogP contribution in [0.5, 0.6) is 0 Å². The molecule has 0 bridgehead atoms. The quantitative estimate of drug-likeness (QED) is 0.897. The Balaban J connectivity index is 1.67. The van der Waals surface area contributed by atoms with Crippen molar-refractivity contribution in [1.82, 2.24) is 20.4 Å². The Bertz CT molecular complexity index is 672. The van der Waals surface area contributed by atoms with Crippen molar-refractivity contribution >= 4 is 5.82 Å². The number of aromatic nitrogens is 3. The van der Waals surface area contributed by atoms with Crippen molar-refractivity contribution in [2.45, 2.75) is 13.1 Å². The van der Waals surface area contributed by atoms with Crippen molar-refractivity contribution in [3.63, 3.8) is 0 Å². The molecule has 0 spiro atoms. The minimum Gasteiger partial charge on any atom is -0.370 e. The number of anilines is 1. The molecule has 1 saturated heterocycles. The van der Waals surface area contributed by atoms with Gasteiger partial charge < -0.3 is 15.2 Å². The van der Waals surface area contributed by atoms with Gasteiger partial charge in [0.1, 0.15) is 5.82 Å². The van der Waals surface area contributed by atoms with Crippen LogP contribution in [-0.2, 0) is 0 Å². The molecule has 124 valence electrons. The van der Waals surface area contributed by atoms with E-state index in [-0.39, 0.29) is 13.1 Å². The topological polar surface area (TPSA) is 75.9 Å². The summed E-state index contributed by atoms with van der Waals surface area (Å²) in [6, 6.07) is 3.38. The fraction of sp³-hybridized carbons (Fsp3) is 0.500. The van der Waals surface area contributed by atoms with Gasteiger partial charge in [-0.05, 0) is 19.1 Å². The van der Waals surface area contributed by atoms with Crippen molar-refractivity contribution in [2.75, 3.05) is 25.0 Å². The number of hydrogen-bond acceptors (Lipinski definition) is 6. The lowest BCUT2D eigenvalue weighted by atomic mass is 9.95. The fourth-order valence-corrected chi connectivity index (χ4v) is 2.64. The molecule has 2 atom stereocenters. The molecular formula is C14H16F3N5O. The molecule has 1 aliphatic rings. The van der Waals surface area contributed by atoms with Crippen LogP contribution in [0.25, 0.3) is 11.5 Å². The van der Waals surface area contributed by atoms with Crippen LogP contribution in [0.4, 0.5) is 19.0 Å². The van der Waals surface area contributed by atoms with Gasteiger partial charge in [-0.2, -0.15) is 18.2 Å². The molecule has 0 aromatic carbocycles. The van der Waals surface area contributed by atoms with Gasteiger partial charge in [0.05, 0.1) is 5.92 Å². The smallest absolute Gasteiger partial charge is 0.370 e. The van der Waals surface area contributed by atoms with Crippen LogP contribution >= 0.6 is 0 Å². The number of aryl methyl sites for hydroxylation is 1. The summed E-state index contributed by atoms with van der Waals surface area (Å²) in [6.45, 7) is 2.19. The number of rotatable bonds is 4. The van der Waals surface area contributed by atoms with Crippen LogP contribution < -0.4 is 10.6 Å². The molecule has 23 heavy (non-hydrogen) atoms. The second-order valence-electron chi connectivity index (χ2n) is 5.52. The largest absolute Gasteiger partial charge is 0.393 e. The predicted octanol–water partition coefficient (Wildman–Crippen LogP) is 2.25. The molecule has 2 aromatic heterocycles. The summed E-state index contributed by atoms with van der Waals surface area (Å²) in [4.78, 5) is 8.23. The number of halogens is 3. The average molecular weight is 327 g/mol. The molecule has 0 radical (unpaired) electrons. The van der Waals surface area contributed by atoms with E-state index < -0.39 is 18.0 Å². The summed E-state index contributed by atoms with van der Waals surface area (Å²) in [7, 11) is 0. The van der Waals surface area contributed by atoms with Crippen molar-refractivity contribution < 1.29 is 17.7 Å². The summed E-state index contributed by atoms with van der Waals surface area (Å²) in [5, 5.41) is 9.46. The molecular weight excluding hydrogens is 311 g/mol. The average Bonchev–Trinajstić information content (AvgIpc) is 3.13. The highest BCUT2D eigenvalue weighted by Crippen LogP contribution is 2.34. The minimum absolute atomic E-state index is 0.0371. The number of pyridine rings is 1. The van der Waals surface area contributed by atoms with Gasteiger partial charge in [0.15, 0.2) is 5.82 Å². The van der Waals surface area contributed by atoms with Gasteiger partial charge in [-0.1, -0.05) is 5.16 Å². The molecule has 9 heteroatoms. The van der Waals surface area contributed by atoms with E-state index >= 15 is 0 Å². The van der Waals surface area contributed by atoms with E-state index in [1.807, 2.05) is 0 Å². The maximum Gasteiger partial charge on any atom is 0.393 e. The monoisotopic (exact) mass is 327 g/mol. The van der Waals surface area contributed by atoms with Gasteiger partial charge >= 0.3 is 6.18 Å². The van der Waals surface area contributed by atoms with Crippen molar-refractivity contribution in [1.29, 1.82) is 0 Å². The Labute approximate surface area is 130 Å². The van der Waals surface area contributed by atoms with E-state index in [1.54, 1.807) is 25.3 Å². The Morgan fingerprint density at radius 3 is 2.91 bits per heavy atom. The first-order valence-corrected chi connectivity index (χ1v) is 7.21. The minimum atomic E-state index is -4.19. The predicted molar refractivity (Wildman–Crippen MR) is 76.7 cm³/mol. The first-order valence-electron chi connectivity index (χ1n) is 7.21. The van der Waals surface area contributed by atoms with Crippen LogP contribution in [-0.4, -0.2) is 40.9 Å². The molecule has 0 amide bonds. The molecule has 1 fully saturated rings. The third-order valence-electron chi connectivity index (χ3n) is 3.84. The van der Waals surface area contributed by atoms with Crippen LogP contribution in [0.3, 0.4) is 0 Å². The normalized spacial score (nSPS) is 21.6. The van der Waals surface area contributed by atoms with Gasteiger partial charge in [0.25, 0.3) is 5.89 Å². The molecule has 3 rings (SSSR count). The van der Waals surface area contributed by atoms with Crippen molar-refractivity contribution in [2.24, 2.45) is 11.8 Å². The summed E-state index contributed by atoms with van der Waals surface area (Å²) >= 11 is 0. The van der Waals surface area contributed by atoms with Crippen LogP contribution in [0.1, 0.15) is 5.82 Å². The van der Waals surface area contributed by atoms with Crippen LogP contribution in [0.15, 0.2) is 22.9 Å². The molecule has 1 aliphatic heterocycles. The van der Waals surface area contributed by atoms with E-state index in [2.05, 4.69) is 25.8 Å². The zero-order valence-electron chi connectivity index (χ0n) is 12.4. The summed E-state index contributed by atoms with van der Waals surface area (Å²) in [6.07, 6.45) is -2.64. The van der Waals surface area contributed by atoms with Crippen LogP contribution in [0, 0.1) is 18.8 Å². The lowest BCUT2D eigenvalue weighted by molar-refractivity contribution is -0.178. The Hall–Kier alpha value is -2.16. The van der Waals surface area contributed by atoms with E-state index in [9.17, 15) is 13.2 Å². The summed E-state index contributed by atoms with van der Waals surface area (Å²) < 4.78 is 43.8. The summed E-state index contributed by atoms with van der Waals surface area (Å²) in [5.74, 6) is -0.519. The first kappa shape index (κ1) is 15.7. The highest BCUT2D eigenvalue weighted by Gasteiger charge is 2.46. The third-order valence-corrected chi connectivity index (χ3v) is 3.84. The first-order chi connectivity index (χ1) is 10.9. The van der Waals surface area contributed by atoms with Crippen molar-refractivity contribution in [3.8, 4) is 11.5 Å². The molecule has 2 N–H and O–H groups in total. The number of nitrogens with zero attached hydrogens (tertiary/aromatic N) is 3. The Kier molecular flexibility index (Phi) is 4.20. The van der Waals surface area contributed by atoms with E-state index in [1.165, 1.54) is 0 Å². The molecule has 0 unspecified atom stereocenters. The number of hydrogen-bond donors (Lipinski definition) is 2. The van der Waals surface area contributed by atoms with Gasteiger partial charge in [-0.25, -0.2) is 4.98 Å². The second kappa shape index (κ2) is 6.15. The number of alkyl halides is 3. The van der Waals surface area contributed by atoms with Gasteiger partial charge in [-0.3, -0.25) is 0 Å². The summed E-state index contributed by atoms with van der Waals surface area (Å²) in [5.41, 5.74) is 0.667.